The van der Waals surface area contributed by atoms with Gasteiger partial charge in [-0.1, -0.05) is 30.3 Å². The number of hydrogen-bond donors (Lipinski definition) is 0. The SMILES string of the molecule is COC(=O)/C=C/C1=C(C)C(=O)OC1(OC(C)=O)c1ccccc1. The van der Waals surface area contributed by atoms with E-state index in [4.69, 9.17) is 9.47 Å². The van der Waals surface area contributed by atoms with Crippen molar-refractivity contribution in [2.45, 2.75) is 19.6 Å². The van der Waals surface area contributed by atoms with Crippen molar-refractivity contribution in [2.24, 2.45) is 0 Å². The van der Waals surface area contributed by atoms with Crippen LogP contribution in [0.5, 0.6) is 0 Å². The lowest BCUT2D eigenvalue weighted by molar-refractivity contribution is -0.208. The monoisotopic (exact) mass is 316 g/mol. The number of cyclic esters (lactones) is 1. The number of carbonyl (C=O) groups is 3. The lowest BCUT2D eigenvalue weighted by Gasteiger charge is -2.29. The molecule has 0 aliphatic carbocycles. The lowest BCUT2D eigenvalue weighted by Crippen LogP contribution is -2.34. The van der Waals surface area contributed by atoms with E-state index in [0.29, 0.717) is 5.56 Å². The van der Waals surface area contributed by atoms with Crippen molar-refractivity contribution in [3.05, 3.63) is 59.2 Å². The molecule has 1 aliphatic rings. The molecule has 6 nitrogen and oxygen atoms in total. The molecule has 1 aliphatic heterocycles. The molecule has 0 N–H and O–H groups in total. The zero-order valence-electron chi connectivity index (χ0n) is 13.0. The first-order chi connectivity index (χ1) is 10.9. The number of carbonyl (C=O) groups excluding carboxylic acids is 3. The number of benzene rings is 1. The summed E-state index contributed by atoms with van der Waals surface area (Å²) >= 11 is 0. The molecular weight excluding hydrogens is 300 g/mol. The van der Waals surface area contributed by atoms with Crippen LogP contribution in [0.4, 0.5) is 0 Å². The fourth-order valence-corrected chi connectivity index (χ4v) is 2.28. The van der Waals surface area contributed by atoms with Gasteiger partial charge in [-0.15, -0.1) is 0 Å². The third-order valence-corrected chi connectivity index (χ3v) is 3.33. The minimum absolute atomic E-state index is 0.246. The molecule has 0 amide bonds. The number of rotatable bonds is 4. The van der Waals surface area contributed by atoms with E-state index in [1.165, 1.54) is 27.0 Å². The van der Waals surface area contributed by atoms with Gasteiger partial charge in [-0.05, 0) is 13.0 Å². The summed E-state index contributed by atoms with van der Waals surface area (Å²) in [5.74, 6) is -3.56. The molecule has 0 fully saturated rings. The molecule has 0 radical (unpaired) electrons. The maximum atomic E-state index is 12.0. The Hall–Kier alpha value is -2.89. The minimum atomic E-state index is -1.71. The van der Waals surface area contributed by atoms with Crippen LogP contribution in [0.3, 0.4) is 0 Å². The van der Waals surface area contributed by atoms with Gasteiger partial charge in [0.25, 0.3) is 0 Å². The summed E-state index contributed by atoms with van der Waals surface area (Å²) in [5, 5.41) is 0. The van der Waals surface area contributed by atoms with Crippen LogP contribution in [0.1, 0.15) is 19.4 Å². The summed E-state index contributed by atoms with van der Waals surface area (Å²) < 4.78 is 15.3. The van der Waals surface area contributed by atoms with Crippen LogP contribution in [-0.2, 0) is 34.4 Å². The van der Waals surface area contributed by atoms with Crippen LogP contribution in [0, 0.1) is 0 Å². The Bertz CT molecular complexity index is 701. The Morgan fingerprint density at radius 2 is 1.87 bits per heavy atom. The third-order valence-electron chi connectivity index (χ3n) is 3.33. The van der Waals surface area contributed by atoms with E-state index in [1.807, 2.05) is 0 Å². The van der Waals surface area contributed by atoms with E-state index in [-0.39, 0.29) is 11.1 Å². The van der Waals surface area contributed by atoms with E-state index < -0.39 is 23.7 Å². The van der Waals surface area contributed by atoms with Crippen LogP contribution in [0.2, 0.25) is 0 Å². The van der Waals surface area contributed by atoms with Gasteiger partial charge in [0.1, 0.15) is 0 Å². The molecule has 1 atom stereocenters. The Kier molecular flexibility index (Phi) is 4.64. The number of methoxy groups -OCH3 is 1. The summed E-state index contributed by atoms with van der Waals surface area (Å²) in [6.45, 7) is 2.75. The summed E-state index contributed by atoms with van der Waals surface area (Å²) in [5.41, 5.74) is 0.981. The molecule has 0 bridgehead atoms. The highest BCUT2D eigenvalue weighted by atomic mass is 16.7. The minimum Gasteiger partial charge on any atom is -0.466 e. The molecule has 23 heavy (non-hydrogen) atoms. The van der Waals surface area contributed by atoms with Crippen LogP contribution < -0.4 is 0 Å². The molecule has 0 saturated heterocycles. The summed E-state index contributed by atoms with van der Waals surface area (Å²) in [6.07, 6.45) is 2.50. The van der Waals surface area contributed by atoms with Gasteiger partial charge in [0.05, 0.1) is 12.7 Å². The van der Waals surface area contributed by atoms with E-state index in [1.54, 1.807) is 30.3 Å². The van der Waals surface area contributed by atoms with Crippen LogP contribution >= 0.6 is 0 Å². The molecular formula is C17H16O6. The van der Waals surface area contributed by atoms with E-state index >= 15 is 0 Å². The van der Waals surface area contributed by atoms with Crippen molar-refractivity contribution in [2.75, 3.05) is 7.11 Å². The normalized spacial score (nSPS) is 20.6. The van der Waals surface area contributed by atoms with E-state index in [9.17, 15) is 14.4 Å². The average molecular weight is 316 g/mol. The Morgan fingerprint density at radius 3 is 2.43 bits per heavy atom. The molecule has 0 saturated carbocycles. The van der Waals surface area contributed by atoms with Gasteiger partial charge >= 0.3 is 23.7 Å². The predicted octanol–water partition coefficient (Wildman–Crippen LogP) is 2.00. The summed E-state index contributed by atoms with van der Waals surface area (Å²) in [4.78, 5) is 35.0. The predicted molar refractivity (Wildman–Crippen MR) is 79.8 cm³/mol. The second kappa shape index (κ2) is 6.48. The first-order valence-electron chi connectivity index (χ1n) is 6.86. The van der Waals surface area contributed by atoms with Gasteiger partial charge in [-0.25, -0.2) is 9.59 Å². The highest BCUT2D eigenvalue weighted by Crippen LogP contribution is 2.43. The lowest BCUT2D eigenvalue weighted by atomic mass is 9.95. The number of hydrogen-bond acceptors (Lipinski definition) is 6. The average Bonchev–Trinajstić information content (AvgIpc) is 2.77. The fraction of sp³-hybridized carbons (Fsp3) is 0.235. The molecule has 0 aromatic heterocycles. The number of ether oxygens (including phenoxy) is 3. The fourth-order valence-electron chi connectivity index (χ4n) is 2.28. The Labute approximate surface area is 133 Å². The molecule has 6 heteroatoms. The highest BCUT2D eigenvalue weighted by molar-refractivity contribution is 5.94. The van der Waals surface area contributed by atoms with Gasteiger partial charge < -0.3 is 14.2 Å². The van der Waals surface area contributed by atoms with Crippen molar-refractivity contribution < 1.29 is 28.6 Å². The standard InChI is InChI=1S/C17H16O6/c1-11-14(9-10-15(19)21-3)17(22-12(2)18,23-16(11)20)13-7-5-4-6-8-13/h4-10H,1-3H3/b10-9+. The van der Waals surface area contributed by atoms with Gasteiger partial charge in [0.15, 0.2) is 0 Å². The van der Waals surface area contributed by atoms with Gasteiger partial charge in [0, 0.05) is 24.1 Å². The Balaban J connectivity index is 2.60. The van der Waals surface area contributed by atoms with Crippen molar-refractivity contribution in [1.29, 1.82) is 0 Å². The maximum absolute atomic E-state index is 12.0. The smallest absolute Gasteiger partial charge is 0.338 e. The zero-order chi connectivity index (χ0) is 17.0. The maximum Gasteiger partial charge on any atom is 0.338 e. The molecule has 1 aromatic rings. The molecule has 1 aromatic carbocycles. The van der Waals surface area contributed by atoms with Crippen LogP contribution in [0.15, 0.2) is 53.6 Å². The number of esters is 3. The third kappa shape index (κ3) is 3.15. The van der Waals surface area contributed by atoms with Crippen molar-refractivity contribution in [3.8, 4) is 0 Å². The Morgan fingerprint density at radius 1 is 1.22 bits per heavy atom. The van der Waals surface area contributed by atoms with Crippen molar-refractivity contribution >= 4 is 17.9 Å². The molecule has 1 unspecified atom stereocenters. The van der Waals surface area contributed by atoms with Gasteiger partial charge in [0.2, 0.25) is 0 Å². The summed E-state index contributed by atoms with van der Waals surface area (Å²) in [7, 11) is 1.24. The van der Waals surface area contributed by atoms with Crippen LogP contribution in [-0.4, -0.2) is 25.0 Å². The molecule has 2 rings (SSSR count). The first kappa shape index (κ1) is 16.5. The van der Waals surface area contributed by atoms with Gasteiger partial charge in [-0.2, -0.15) is 0 Å². The van der Waals surface area contributed by atoms with E-state index in [2.05, 4.69) is 4.74 Å². The van der Waals surface area contributed by atoms with E-state index in [0.717, 1.165) is 6.08 Å². The van der Waals surface area contributed by atoms with Crippen LogP contribution in [0.25, 0.3) is 0 Å². The topological polar surface area (TPSA) is 78.9 Å². The second-order valence-electron chi connectivity index (χ2n) is 4.86. The second-order valence-corrected chi connectivity index (χ2v) is 4.86. The highest BCUT2D eigenvalue weighted by Gasteiger charge is 2.50. The van der Waals surface area contributed by atoms with Crippen molar-refractivity contribution in [3.63, 3.8) is 0 Å². The largest absolute Gasteiger partial charge is 0.466 e. The van der Waals surface area contributed by atoms with Crippen molar-refractivity contribution in [1.82, 2.24) is 0 Å². The summed E-state index contributed by atoms with van der Waals surface area (Å²) in [6, 6.07) is 8.57. The molecule has 0 spiro atoms. The molecule has 1 heterocycles. The van der Waals surface area contributed by atoms with Gasteiger partial charge in [-0.3, -0.25) is 4.79 Å². The first-order valence-corrected chi connectivity index (χ1v) is 6.86. The zero-order valence-corrected chi connectivity index (χ0v) is 13.0. The molecule has 120 valence electrons. The quantitative estimate of drug-likeness (QED) is 0.624.